The van der Waals surface area contributed by atoms with E-state index >= 15 is 0 Å². The zero-order chi connectivity index (χ0) is 9.30. The van der Waals surface area contributed by atoms with E-state index in [-0.39, 0.29) is 12.1 Å². The molecule has 0 saturated carbocycles. The standard InChI is InChI=1S/C7H16N2O3/c1-3-4(8)5(9)6(10)7(11-2)12-3/h3-7,10H,8-9H2,1-2H3. The first-order chi connectivity index (χ1) is 5.57. The lowest BCUT2D eigenvalue weighted by Crippen LogP contribution is -2.64. The average Bonchev–Trinajstić information content (AvgIpc) is 2.08. The van der Waals surface area contributed by atoms with Crippen molar-refractivity contribution in [1.29, 1.82) is 0 Å². The average molecular weight is 176 g/mol. The number of aliphatic hydroxyl groups is 1. The first-order valence-electron chi connectivity index (χ1n) is 3.95. The van der Waals surface area contributed by atoms with Crippen LogP contribution in [0.1, 0.15) is 6.92 Å². The molecule has 0 radical (unpaired) electrons. The molecule has 5 nitrogen and oxygen atoms in total. The molecule has 0 aromatic carbocycles. The lowest BCUT2D eigenvalue weighted by atomic mass is 9.96. The van der Waals surface area contributed by atoms with E-state index in [1.165, 1.54) is 7.11 Å². The molecule has 5 heteroatoms. The molecule has 5 unspecified atom stereocenters. The Morgan fingerprint density at radius 2 is 1.92 bits per heavy atom. The number of nitrogens with two attached hydrogens (primary N) is 2. The molecule has 0 bridgehead atoms. The van der Waals surface area contributed by atoms with Crippen LogP contribution in [0, 0.1) is 0 Å². The van der Waals surface area contributed by atoms with Gasteiger partial charge in [-0.15, -0.1) is 0 Å². The van der Waals surface area contributed by atoms with Gasteiger partial charge < -0.3 is 26.0 Å². The van der Waals surface area contributed by atoms with E-state index < -0.39 is 18.4 Å². The monoisotopic (exact) mass is 176 g/mol. The van der Waals surface area contributed by atoms with E-state index in [4.69, 9.17) is 20.9 Å². The second-order valence-corrected chi connectivity index (χ2v) is 3.09. The van der Waals surface area contributed by atoms with Gasteiger partial charge in [-0.25, -0.2) is 0 Å². The number of methoxy groups -OCH3 is 1. The summed E-state index contributed by atoms with van der Waals surface area (Å²) >= 11 is 0. The van der Waals surface area contributed by atoms with Crippen molar-refractivity contribution in [2.75, 3.05) is 7.11 Å². The Bertz CT molecular complexity index is 151. The van der Waals surface area contributed by atoms with Crippen LogP contribution in [-0.4, -0.2) is 42.8 Å². The van der Waals surface area contributed by atoms with Crippen LogP contribution in [0.4, 0.5) is 0 Å². The Labute approximate surface area is 71.6 Å². The fraction of sp³-hybridized carbons (Fsp3) is 1.00. The van der Waals surface area contributed by atoms with Gasteiger partial charge in [0.2, 0.25) is 0 Å². The molecule has 0 aliphatic carbocycles. The van der Waals surface area contributed by atoms with Crippen LogP contribution in [0.2, 0.25) is 0 Å². The number of aliphatic hydroxyl groups excluding tert-OH is 1. The van der Waals surface area contributed by atoms with Gasteiger partial charge in [0.15, 0.2) is 6.29 Å². The van der Waals surface area contributed by atoms with Crippen LogP contribution in [0.15, 0.2) is 0 Å². The van der Waals surface area contributed by atoms with Crippen LogP contribution in [0.5, 0.6) is 0 Å². The van der Waals surface area contributed by atoms with Crippen molar-refractivity contribution in [1.82, 2.24) is 0 Å². The van der Waals surface area contributed by atoms with Crippen molar-refractivity contribution in [3.63, 3.8) is 0 Å². The summed E-state index contributed by atoms with van der Waals surface area (Å²) in [4.78, 5) is 0. The Morgan fingerprint density at radius 3 is 2.42 bits per heavy atom. The minimum Gasteiger partial charge on any atom is -0.386 e. The van der Waals surface area contributed by atoms with E-state index in [2.05, 4.69) is 0 Å². The number of ether oxygens (including phenoxy) is 2. The summed E-state index contributed by atoms with van der Waals surface area (Å²) in [5.41, 5.74) is 11.3. The normalized spacial score (nSPS) is 49.2. The van der Waals surface area contributed by atoms with Crippen molar-refractivity contribution < 1.29 is 14.6 Å². The van der Waals surface area contributed by atoms with Crippen LogP contribution in [0.3, 0.4) is 0 Å². The largest absolute Gasteiger partial charge is 0.386 e. The van der Waals surface area contributed by atoms with Crippen molar-refractivity contribution in [2.45, 2.75) is 37.5 Å². The Morgan fingerprint density at radius 1 is 1.33 bits per heavy atom. The molecule has 1 aliphatic rings. The molecule has 5 N–H and O–H groups in total. The fourth-order valence-electron chi connectivity index (χ4n) is 1.30. The van der Waals surface area contributed by atoms with E-state index in [0.29, 0.717) is 0 Å². The molecule has 72 valence electrons. The molecular formula is C7H16N2O3. The minimum atomic E-state index is -0.846. The van der Waals surface area contributed by atoms with E-state index in [9.17, 15) is 5.11 Å². The smallest absolute Gasteiger partial charge is 0.185 e. The summed E-state index contributed by atoms with van der Waals surface area (Å²) in [7, 11) is 1.46. The van der Waals surface area contributed by atoms with Crippen LogP contribution in [0.25, 0.3) is 0 Å². The van der Waals surface area contributed by atoms with Gasteiger partial charge in [0.25, 0.3) is 0 Å². The summed E-state index contributed by atoms with van der Waals surface area (Å²) in [6.07, 6.45) is -1.69. The van der Waals surface area contributed by atoms with Gasteiger partial charge in [0.05, 0.1) is 12.1 Å². The lowest BCUT2D eigenvalue weighted by molar-refractivity contribution is -0.235. The molecular weight excluding hydrogens is 160 g/mol. The molecule has 5 atom stereocenters. The summed E-state index contributed by atoms with van der Waals surface area (Å²) in [5.74, 6) is 0. The molecule has 0 spiro atoms. The maximum absolute atomic E-state index is 9.47. The summed E-state index contributed by atoms with van der Waals surface area (Å²) in [6.45, 7) is 1.81. The van der Waals surface area contributed by atoms with Gasteiger partial charge in [-0.3, -0.25) is 0 Å². The Kier molecular flexibility index (Phi) is 3.03. The highest BCUT2D eigenvalue weighted by molar-refractivity contribution is 4.92. The van der Waals surface area contributed by atoms with Gasteiger partial charge >= 0.3 is 0 Å². The summed E-state index contributed by atoms with van der Waals surface area (Å²) < 4.78 is 10.1. The molecule has 1 heterocycles. The van der Waals surface area contributed by atoms with Gasteiger partial charge in [0.1, 0.15) is 6.10 Å². The molecule has 1 aliphatic heterocycles. The first-order valence-corrected chi connectivity index (χ1v) is 3.95. The van der Waals surface area contributed by atoms with Crippen LogP contribution < -0.4 is 11.5 Å². The van der Waals surface area contributed by atoms with Crippen molar-refractivity contribution in [2.24, 2.45) is 11.5 Å². The third kappa shape index (κ3) is 1.60. The van der Waals surface area contributed by atoms with E-state index in [0.717, 1.165) is 0 Å². The number of hydrogen-bond donors (Lipinski definition) is 3. The quantitative estimate of drug-likeness (QED) is 0.447. The summed E-state index contributed by atoms with van der Waals surface area (Å²) in [5, 5.41) is 9.47. The Balaban J connectivity index is 2.63. The van der Waals surface area contributed by atoms with Gasteiger partial charge in [-0.1, -0.05) is 0 Å². The van der Waals surface area contributed by atoms with Crippen molar-refractivity contribution >= 4 is 0 Å². The zero-order valence-electron chi connectivity index (χ0n) is 7.31. The molecule has 12 heavy (non-hydrogen) atoms. The maximum Gasteiger partial charge on any atom is 0.185 e. The van der Waals surface area contributed by atoms with E-state index in [1.54, 1.807) is 0 Å². The molecule has 1 saturated heterocycles. The maximum atomic E-state index is 9.47. The van der Waals surface area contributed by atoms with Gasteiger partial charge in [-0.2, -0.15) is 0 Å². The van der Waals surface area contributed by atoms with Gasteiger partial charge in [0, 0.05) is 13.2 Å². The molecule has 1 fully saturated rings. The topological polar surface area (TPSA) is 90.7 Å². The SMILES string of the molecule is COC1OC(C)C(N)C(N)C1O. The summed E-state index contributed by atoms with van der Waals surface area (Å²) in [6, 6.07) is -0.829. The van der Waals surface area contributed by atoms with Crippen molar-refractivity contribution in [3.8, 4) is 0 Å². The van der Waals surface area contributed by atoms with Crippen LogP contribution in [-0.2, 0) is 9.47 Å². The van der Waals surface area contributed by atoms with Crippen LogP contribution >= 0.6 is 0 Å². The predicted octanol–water partition coefficient (Wildman–Crippen LogP) is -1.61. The Hall–Kier alpha value is -0.200. The minimum absolute atomic E-state index is 0.187. The highest BCUT2D eigenvalue weighted by atomic mass is 16.7. The molecule has 0 aromatic rings. The third-order valence-electron chi connectivity index (χ3n) is 2.24. The highest BCUT2D eigenvalue weighted by Crippen LogP contribution is 2.18. The highest BCUT2D eigenvalue weighted by Gasteiger charge is 2.39. The second-order valence-electron chi connectivity index (χ2n) is 3.09. The molecule has 0 aromatic heterocycles. The number of hydrogen-bond acceptors (Lipinski definition) is 5. The predicted molar refractivity (Wildman–Crippen MR) is 43.3 cm³/mol. The fourth-order valence-corrected chi connectivity index (χ4v) is 1.30. The zero-order valence-corrected chi connectivity index (χ0v) is 7.31. The van der Waals surface area contributed by atoms with Gasteiger partial charge in [-0.05, 0) is 6.92 Å². The second kappa shape index (κ2) is 3.68. The van der Waals surface area contributed by atoms with E-state index in [1.807, 2.05) is 6.92 Å². The molecule has 1 rings (SSSR count). The molecule has 0 amide bonds. The first kappa shape index (κ1) is 9.88. The third-order valence-corrected chi connectivity index (χ3v) is 2.24. The van der Waals surface area contributed by atoms with Crippen molar-refractivity contribution in [3.05, 3.63) is 0 Å². The lowest BCUT2D eigenvalue weighted by Gasteiger charge is -2.39. The number of rotatable bonds is 1.